The van der Waals surface area contributed by atoms with Crippen LogP contribution in [0.3, 0.4) is 0 Å². The number of nitrogens with one attached hydrogen (secondary N) is 1. The first-order chi connectivity index (χ1) is 13.0. The van der Waals surface area contributed by atoms with E-state index in [9.17, 15) is 9.18 Å². The van der Waals surface area contributed by atoms with E-state index in [0.29, 0.717) is 22.2 Å². The SMILES string of the molecule is Cc1nccn1-c1ccc(NC(=O)C2(c3ccc(Cl)cc3)CCC2)cc1F. The van der Waals surface area contributed by atoms with E-state index in [1.165, 1.54) is 6.07 Å². The Morgan fingerprint density at radius 3 is 2.52 bits per heavy atom. The predicted molar refractivity (Wildman–Crippen MR) is 104 cm³/mol. The summed E-state index contributed by atoms with van der Waals surface area (Å²) in [6.07, 6.45) is 5.86. The van der Waals surface area contributed by atoms with Gasteiger partial charge in [-0.15, -0.1) is 0 Å². The fourth-order valence-electron chi connectivity index (χ4n) is 3.61. The normalized spacial score (nSPS) is 15.2. The summed E-state index contributed by atoms with van der Waals surface area (Å²) >= 11 is 5.97. The van der Waals surface area contributed by atoms with E-state index in [4.69, 9.17) is 11.6 Å². The van der Waals surface area contributed by atoms with Crippen molar-refractivity contribution in [2.75, 3.05) is 5.32 Å². The number of aromatic nitrogens is 2. The van der Waals surface area contributed by atoms with Crippen LogP contribution in [0.2, 0.25) is 5.02 Å². The number of rotatable bonds is 4. The van der Waals surface area contributed by atoms with E-state index >= 15 is 0 Å². The molecule has 3 aromatic rings. The van der Waals surface area contributed by atoms with Crippen LogP contribution in [0.25, 0.3) is 5.69 Å². The van der Waals surface area contributed by atoms with Crippen molar-refractivity contribution in [1.29, 1.82) is 0 Å². The second-order valence-electron chi connectivity index (χ2n) is 6.91. The Balaban J connectivity index is 1.58. The maximum atomic E-state index is 14.6. The van der Waals surface area contributed by atoms with E-state index in [0.717, 1.165) is 24.8 Å². The molecule has 1 aromatic heterocycles. The molecule has 0 spiro atoms. The van der Waals surface area contributed by atoms with Gasteiger partial charge in [0.25, 0.3) is 0 Å². The van der Waals surface area contributed by atoms with Gasteiger partial charge in [-0.1, -0.05) is 30.2 Å². The van der Waals surface area contributed by atoms with Crippen molar-refractivity contribution in [3.63, 3.8) is 0 Å². The van der Waals surface area contributed by atoms with E-state index in [-0.39, 0.29) is 5.91 Å². The molecule has 4 nitrogen and oxygen atoms in total. The number of hydrogen-bond donors (Lipinski definition) is 1. The highest BCUT2D eigenvalue weighted by molar-refractivity contribution is 6.30. The number of halogens is 2. The van der Waals surface area contributed by atoms with Gasteiger partial charge in [-0.3, -0.25) is 4.79 Å². The van der Waals surface area contributed by atoms with Gasteiger partial charge in [0.2, 0.25) is 5.91 Å². The maximum absolute atomic E-state index is 14.6. The first-order valence-corrected chi connectivity index (χ1v) is 9.25. The lowest BCUT2D eigenvalue weighted by Crippen LogP contribution is -2.46. The molecular formula is C21H19ClFN3O. The molecule has 0 bridgehead atoms. The summed E-state index contributed by atoms with van der Waals surface area (Å²) in [5, 5.41) is 3.53. The highest BCUT2D eigenvalue weighted by Gasteiger charge is 2.45. The molecule has 1 saturated carbocycles. The third kappa shape index (κ3) is 3.12. The molecule has 1 aliphatic carbocycles. The largest absolute Gasteiger partial charge is 0.325 e. The molecule has 0 aliphatic heterocycles. The summed E-state index contributed by atoms with van der Waals surface area (Å²) in [6.45, 7) is 1.81. The molecule has 6 heteroatoms. The third-order valence-corrected chi connectivity index (χ3v) is 5.58. The summed E-state index contributed by atoms with van der Waals surface area (Å²) in [5.74, 6) is 0.173. The highest BCUT2D eigenvalue weighted by atomic mass is 35.5. The van der Waals surface area contributed by atoms with Crippen LogP contribution < -0.4 is 5.32 Å². The van der Waals surface area contributed by atoms with E-state index in [2.05, 4.69) is 10.3 Å². The zero-order valence-corrected chi connectivity index (χ0v) is 15.6. The third-order valence-electron chi connectivity index (χ3n) is 5.33. The molecule has 1 aliphatic rings. The fraction of sp³-hybridized carbons (Fsp3) is 0.238. The average Bonchev–Trinajstić information content (AvgIpc) is 3.01. The molecule has 0 saturated heterocycles. The topological polar surface area (TPSA) is 46.9 Å². The summed E-state index contributed by atoms with van der Waals surface area (Å²) in [7, 11) is 0. The van der Waals surface area contributed by atoms with Crippen molar-refractivity contribution in [3.8, 4) is 5.69 Å². The molecule has 0 unspecified atom stereocenters. The van der Waals surface area contributed by atoms with Gasteiger partial charge in [0, 0.05) is 23.1 Å². The Morgan fingerprint density at radius 1 is 1.22 bits per heavy atom. The Morgan fingerprint density at radius 2 is 1.96 bits per heavy atom. The molecule has 0 radical (unpaired) electrons. The average molecular weight is 384 g/mol. The van der Waals surface area contributed by atoms with Gasteiger partial charge in [0.1, 0.15) is 11.6 Å². The predicted octanol–water partition coefficient (Wildman–Crippen LogP) is 5.03. The standard InChI is InChI=1S/C21H19ClFN3O/c1-14-24-11-12-26(14)19-8-7-17(13-18(19)23)25-20(27)21(9-2-10-21)15-3-5-16(22)6-4-15/h3-8,11-13H,2,9-10H2,1H3,(H,25,27). The van der Waals surface area contributed by atoms with Crippen LogP contribution >= 0.6 is 11.6 Å². The minimum Gasteiger partial charge on any atom is -0.325 e. The quantitative estimate of drug-likeness (QED) is 0.686. The number of carbonyl (C=O) groups is 1. The molecule has 2 aromatic carbocycles. The second-order valence-corrected chi connectivity index (χ2v) is 7.34. The van der Waals surface area contributed by atoms with Crippen LogP contribution in [0.5, 0.6) is 0 Å². The van der Waals surface area contributed by atoms with Gasteiger partial charge in [0.05, 0.1) is 11.1 Å². The molecule has 27 heavy (non-hydrogen) atoms. The van der Waals surface area contributed by atoms with Crippen LogP contribution in [-0.2, 0) is 10.2 Å². The summed E-state index contributed by atoms with van der Waals surface area (Å²) < 4.78 is 16.3. The first kappa shape index (κ1) is 17.7. The number of nitrogens with zero attached hydrogens (tertiary/aromatic N) is 2. The van der Waals surface area contributed by atoms with Crippen LogP contribution in [0, 0.1) is 12.7 Å². The van der Waals surface area contributed by atoms with Gasteiger partial charge in [-0.25, -0.2) is 9.37 Å². The molecule has 1 N–H and O–H groups in total. The Kier molecular flexibility index (Phi) is 4.48. The first-order valence-electron chi connectivity index (χ1n) is 8.87. The monoisotopic (exact) mass is 383 g/mol. The Labute approximate surface area is 162 Å². The van der Waals surface area contributed by atoms with Crippen molar-refractivity contribution in [1.82, 2.24) is 9.55 Å². The summed E-state index contributed by atoms with van der Waals surface area (Å²) in [6, 6.07) is 12.1. The zero-order chi connectivity index (χ0) is 19.0. The summed E-state index contributed by atoms with van der Waals surface area (Å²) in [5.41, 5.74) is 1.22. The van der Waals surface area contributed by atoms with Crippen molar-refractivity contribution in [2.45, 2.75) is 31.6 Å². The fourth-order valence-corrected chi connectivity index (χ4v) is 3.74. The number of hydrogen-bond acceptors (Lipinski definition) is 2. The number of benzene rings is 2. The summed E-state index contributed by atoms with van der Waals surface area (Å²) in [4.78, 5) is 17.1. The minimum atomic E-state index is -0.569. The highest BCUT2D eigenvalue weighted by Crippen LogP contribution is 2.45. The van der Waals surface area contributed by atoms with Gasteiger partial charge in [0.15, 0.2) is 0 Å². The van der Waals surface area contributed by atoms with Crippen molar-refractivity contribution >= 4 is 23.2 Å². The Hall–Kier alpha value is -2.66. The van der Waals surface area contributed by atoms with Gasteiger partial charge < -0.3 is 9.88 Å². The van der Waals surface area contributed by atoms with Gasteiger partial charge in [-0.2, -0.15) is 0 Å². The number of aryl methyl sites for hydroxylation is 1. The second kappa shape index (κ2) is 6.82. The lowest BCUT2D eigenvalue weighted by molar-refractivity contribution is -0.124. The molecule has 1 fully saturated rings. The number of carbonyl (C=O) groups excluding carboxylic acids is 1. The molecule has 138 valence electrons. The van der Waals surface area contributed by atoms with Crippen LogP contribution in [0.4, 0.5) is 10.1 Å². The lowest BCUT2D eigenvalue weighted by Gasteiger charge is -2.40. The van der Waals surface area contributed by atoms with Crippen molar-refractivity contribution < 1.29 is 9.18 Å². The smallest absolute Gasteiger partial charge is 0.235 e. The van der Waals surface area contributed by atoms with Crippen molar-refractivity contribution in [3.05, 3.63) is 77.1 Å². The van der Waals surface area contributed by atoms with E-state index in [1.54, 1.807) is 41.2 Å². The lowest BCUT2D eigenvalue weighted by atomic mass is 9.64. The molecule has 1 amide bonds. The van der Waals surface area contributed by atoms with Crippen molar-refractivity contribution in [2.24, 2.45) is 0 Å². The minimum absolute atomic E-state index is 0.109. The molecule has 0 atom stereocenters. The van der Waals surface area contributed by atoms with Gasteiger partial charge >= 0.3 is 0 Å². The van der Waals surface area contributed by atoms with Gasteiger partial charge in [-0.05, 0) is 55.7 Å². The molecule has 1 heterocycles. The number of imidazole rings is 1. The van der Waals surface area contributed by atoms with Crippen LogP contribution in [0.1, 0.15) is 30.7 Å². The number of anilines is 1. The Bertz CT molecular complexity index is 993. The van der Waals surface area contributed by atoms with Crippen LogP contribution in [0.15, 0.2) is 54.9 Å². The van der Waals surface area contributed by atoms with E-state index in [1.807, 2.05) is 19.1 Å². The maximum Gasteiger partial charge on any atom is 0.235 e. The molecular weight excluding hydrogens is 365 g/mol. The van der Waals surface area contributed by atoms with E-state index < -0.39 is 11.2 Å². The molecule has 4 rings (SSSR count). The zero-order valence-electron chi connectivity index (χ0n) is 14.9. The van der Waals surface area contributed by atoms with Crippen LogP contribution in [-0.4, -0.2) is 15.5 Å². The number of amides is 1.